The van der Waals surface area contributed by atoms with Crippen LogP contribution in [0, 0.1) is 11.8 Å². The molecule has 1 aliphatic rings. The van der Waals surface area contributed by atoms with Crippen molar-refractivity contribution in [2.45, 2.75) is 33.6 Å². The Bertz CT molecular complexity index is 324. The van der Waals surface area contributed by atoms with Crippen LogP contribution in [0.3, 0.4) is 0 Å². The van der Waals surface area contributed by atoms with E-state index >= 15 is 0 Å². The first-order chi connectivity index (χ1) is 9.80. The molecule has 0 amide bonds. The lowest BCUT2D eigenvalue weighted by Crippen LogP contribution is -2.45. The van der Waals surface area contributed by atoms with E-state index in [9.17, 15) is 0 Å². The molecule has 0 aromatic carbocycles. The first-order valence-electron chi connectivity index (χ1n) is 8.68. The van der Waals surface area contributed by atoms with Crippen molar-refractivity contribution in [2.24, 2.45) is 11.8 Å². The van der Waals surface area contributed by atoms with Crippen molar-refractivity contribution >= 4 is 13.3 Å². The Morgan fingerprint density at radius 1 is 1.19 bits per heavy atom. The Hall–Kier alpha value is 0.180. The average Bonchev–Trinajstić information content (AvgIpc) is 2.33. The van der Waals surface area contributed by atoms with Gasteiger partial charge in [-0.15, -0.1) is 0 Å². The number of nitrogens with one attached hydrogen (secondary N) is 1. The average molecular weight is 315 g/mol. The molecule has 0 aliphatic carbocycles. The summed E-state index contributed by atoms with van der Waals surface area (Å²) in [7, 11) is -1.11. The second-order valence-electron chi connectivity index (χ2n) is 7.70. The third-order valence-electron chi connectivity index (χ3n) is 4.07. The summed E-state index contributed by atoms with van der Waals surface area (Å²) in [6.45, 7) is 20.1. The van der Waals surface area contributed by atoms with Crippen LogP contribution >= 0.6 is 7.04 Å². The molecule has 126 valence electrons. The molecule has 1 unspecified atom stereocenters. The highest BCUT2D eigenvalue weighted by Gasteiger charge is 2.20. The van der Waals surface area contributed by atoms with Crippen molar-refractivity contribution in [2.75, 3.05) is 59.1 Å². The van der Waals surface area contributed by atoms with Crippen molar-refractivity contribution in [3.05, 3.63) is 0 Å². The van der Waals surface area contributed by atoms with E-state index in [1.165, 1.54) is 52.1 Å². The number of hydrogen-bond donors (Lipinski definition) is 1. The third-order valence-corrected chi connectivity index (χ3v) is 5.11. The van der Waals surface area contributed by atoms with Crippen LogP contribution < -0.4 is 5.09 Å². The van der Waals surface area contributed by atoms with Gasteiger partial charge in [-0.3, -0.25) is 5.09 Å². The van der Waals surface area contributed by atoms with Gasteiger partial charge in [-0.2, -0.15) is 0 Å². The predicted molar refractivity (Wildman–Crippen MR) is 100 cm³/mol. The maximum absolute atomic E-state index is 4.28. The number of rotatable bonds is 7. The molecule has 0 radical (unpaired) electrons. The van der Waals surface area contributed by atoms with Gasteiger partial charge < -0.3 is 9.80 Å². The maximum atomic E-state index is 4.28. The highest BCUT2D eigenvalue weighted by atomic mass is 31.2. The molecule has 1 atom stereocenters. The van der Waals surface area contributed by atoms with Gasteiger partial charge in [0, 0.05) is 32.7 Å². The molecule has 3 nitrogen and oxygen atoms in total. The van der Waals surface area contributed by atoms with Crippen molar-refractivity contribution < 1.29 is 0 Å². The Morgan fingerprint density at radius 3 is 2.43 bits per heavy atom. The van der Waals surface area contributed by atoms with E-state index < -0.39 is 7.04 Å². The summed E-state index contributed by atoms with van der Waals surface area (Å²) in [6, 6.07) is 0. The molecular weight excluding hydrogens is 277 g/mol. The molecule has 0 aromatic rings. The van der Waals surface area contributed by atoms with E-state index in [1.54, 1.807) is 0 Å². The molecule has 1 fully saturated rings. The molecule has 1 heterocycles. The van der Waals surface area contributed by atoms with E-state index in [0.29, 0.717) is 0 Å². The molecule has 0 saturated carbocycles. The lowest BCUT2D eigenvalue weighted by atomic mass is 10.0. The SMILES string of the molecule is C=P(C)(C)NCC1CCN(CCC)CCN(CC(C)C)C1. The zero-order valence-corrected chi connectivity index (χ0v) is 16.0. The minimum absolute atomic E-state index is 0.759. The number of nitrogens with zero attached hydrogens (tertiary/aromatic N) is 2. The molecule has 0 bridgehead atoms. The molecule has 0 aromatic heterocycles. The van der Waals surface area contributed by atoms with E-state index in [2.05, 4.69) is 55.3 Å². The lowest BCUT2D eigenvalue weighted by Gasteiger charge is -2.36. The molecule has 0 spiro atoms. The maximum Gasteiger partial charge on any atom is 0.0110 e. The molecule has 1 aliphatic heterocycles. The third kappa shape index (κ3) is 9.03. The fourth-order valence-electron chi connectivity index (χ4n) is 3.07. The molecular formula is C17H38N3P. The van der Waals surface area contributed by atoms with Gasteiger partial charge in [0.1, 0.15) is 0 Å². The zero-order chi connectivity index (χ0) is 15.9. The summed E-state index contributed by atoms with van der Waals surface area (Å²) in [5.41, 5.74) is 0. The summed E-state index contributed by atoms with van der Waals surface area (Å²) >= 11 is 0. The predicted octanol–water partition coefficient (Wildman–Crippen LogP) is 2.89. The van der Waals surface area contributed by atoms with Crippen LogP contribution in [0.2, 0.25) is 0 Å². The Morgan fingerprint density at radius 2 is 1.86 bits per heavy atom. The van der Waals surface area contributed by atoms with Gasteiger partial charge in [0.2, 0.25) is 0 Å². The second-order valence-corrected chi connectivity index (χ2v) is 11.4. The van der Waals surface area contributed by atoms with Gasteiger partial charge in [-0.25, -0.2) is 0 Å². The van der Waals surface area contributed by atoms with Crippen LogP contribution in [0.1, 0.15) is 33.6 Å². The summed E-state index contributed by atoms with van der Waals surface area (Å²) in [6.07, 6.45) is 6.87. The largest absolute Gasteiger partial charge is 0.302 e. The van der Waals surface area contributed by atoms with E-state index in [4.69, 9.17) is 0 Å². The summed E-state index contributed by atoms with van der Waals surface area (Å²) in [5, 5.41) is 3.72. The fraction of sp³-hybridized carbons (Fsp3) is 0.941. The second kappa shape index (κ2) is 9.35. The van der Waals surface area contributed by atoms with Crippen molar-refractivity contribution in [1.29, 1.82) is 0 Å². The smallest absolute Gasteiger partial charge is 0.0110 e. The van der Waals surface area contributed by atoms with Gasteiger partial charge in [-0.05, 0) is 51.1 Å². The quantitative estimate of drug-likeness (QED) is 0.729. The molecule has 4 heteroatoms. The van der Waals surface area contributed by atoms with Gasteiger partial charge >= 0.3 is 0 Å². The molecule has 1 saturated heterocycles. The minimum Gasteiger partial charge on any atom is -0.302 e. The Kier molecular flexibility index (Phi) is 8.56. The van der Waals surface area contributed by atoms with Crippen LogP contribution in [-0.2, 0) is 0 Å². The zero-order valence-electron chi connectivity index (χ0n) is 15.1. The van der Waals surface area contributed by atoms with E-state index in [-0.39, 0.29) is 0 Å². The highest BCUT2D eigenvalue weighted by Crippen LogP contribution is 2.29. The Labute approximate surface area is 133 Å². The van der Waals surface area contributed by atoms with Crippen LogP contribution in [0.15, 0.2) is 0 Å². The van der Waals surface area contributed by atoms with Crippen LogP contribution in [-0.4, -0.2) is 75.2 Å². The minimum atomic E-state index is -1.11. The van der Waals surface area contributed by atoms with Gasteiger partial charge in [0.05, 0.1) is 0 Å². The van der Waals surface area contributed by atoms with Crippen LogP contribution in [0.25, 0.3) is 0 Å². The van der Waals surface area contributed by atoms with E-state index in [1.807, 2.05) is 0 Å². The van der Waals surface area contributed by atoms with Crippen molar-refractivity contribution in [1.82, 2.24) is 14.9 Å². The first-order valence-corrected chi connectivity index (χ1v) is 11.5. The summed E-state index contributed by atoms with van der Waals surface area (Å²) < 4.78 is 0. The van der Waals surface area contributed by atoms with Crippen LogP contribution in [0.5, 0.6) is 0 Å². The van der Waals surface area contributed by atoms with Gasteiger partial charge in [-0.1, -0.05) is 34.1 Å². The first kappa shape index (κ1) is 19.2. The van der Waals surface area contributed by atoms with Crippen molar-refractivity contribution in [3.63, 3.8) is 0 Å². The molecule has 21 heavy (non-hydrogen) atoms. The summed E-state index contributed by atoms with van der Waals surface area (Å²) in [4.78, 5) is 5.34. The monoisotopic (exact) mass is 315 g/mol. The Balaban J connectivity index is 2.59. The lowest BCUT2D eigenvalue weighted by molar-refractivity contribution is 0.132. The van der Waals surface area contributed by atoms with Crippen LogP contribution in [0.4, 0.5) is 0 Å². The molecule has 1 N–H and O–H groups in total. The van der Waals surface area contributed by atoms with Gasteiger partial charge in [0.25, 0.3) is 0 Å². The van der Waals surface area contributed by atoms with Gasteiger partial charge in [0.15, 0.2) is 0 Å². The van der Waals surface area contributed by atoms with Crippen molar-refractivity contribution in [3.8, 4) is 0 Å². The van der Waals surface area contributed by atoms with E-state index in [0.717, 1.165) is 18.4 Å². The number of hydrogen-bond acceptors (Lipinski definition) is 3. The fourth-order valence-corrected chi connectivity index (χ4v) is 3.82. The standard InChI is InChI=1S/C17H38N3P/c1-7-9-19-10-8-17(13-18-21(4,5)6)15-20(12-11-19)14-16(2)3/h16-18H,4,7-15H2,1-3,5-6H3. The summed E-state index contributed by atoms with van der Waals surface area (Å²) in [5.74, 6) is 1.53. The topological polar surface area (TPSA) is 18.5 Å². The highest BCUT2D eigenvalue weighted by molar-refractivity contribution is 7.70. The molecule has 1 rings (SSSR count). The normalized spacial score (nSPS) is 23.2.